The topological polar surface area (TPSA) is 184 Å². The third-order valence-corrected chi connectivity index (χ3v) is 5.95. The Morgan fingerprint density at radius 1 is 0.973 bits per heavy atom. The van der Waals surface area contributed by atoms with Crippen LogP contribution >= 0.6 is 0 Å². The van der Waals surface area contributed by atoms with E-state index >= 15 is 0 Å². The lowest BCUT2D eigenvalue weighted by Gasteiger charge is -2.27. The zero-order valence-electron chi connectivity index (χ0n) is 18.8. The van der Waals surface area contributed by atoms with Gasteiger partial charge in [0.25, 0.3) is 0 Å². The van der Waals surface area contributed by atoms with E-state index in [1.54, 1.807) is 18.2 Å². The van der Waals surface area contributed by atoms with E-state index < -0.39 is 52.9 Å². The number of carboxylic acids is 1. The second kappa shape index (κ2) is 8.79. The van der Waals surface area contributed by atoms with Crippen LogP contribution in [-0.4, -0.2) is 44.1 Å². The highest BCUT2D eigenvalue weighted by Crippen LogP contribution is 2.48. The Morgan fingerprint density at radius 2 is 1.73 bits per heavy atom. The molecular weight excluding hydrogens is 488 g/mol. The van der Waals surface area contributed by atoms with Crippen molar-refractivity contribution in [2.45, 2.75) is 12.3 Å². The number of benzene rings is 3. The molecule has 188 valence electrons. The number of carbonyl (C=O) groups excluding carboxylic acids is 1. The van der Waals surface area contributed by atoms with Crippen molar-refractivity contribution < 1.29 is 49.0 Å². The first kappa shape index (κ1) is 23.5. The first-order valence-electron chi connectivity index (χ1n) is 10.9. The summed E-state index contributed by atoms with van der Waals surface area (Å²) < 4.78 is 16.7. The molecule has 0 fully saturated rings. The fraction of sp³-hybridized carbons (Fsp3) is 0.115. The number of carboxylic acid groups (broad SMARTS) is 1. The van der Waals surface area contributed by atoms with Gasteiger partial charge in [-0.3, -0.25) is 9.59 Å². The normalized spacial score (nSPS) is 14.7. The van der Waals surface area contributed by atoms with Gasteiger partial charge in [-0.25, -0.2) is 4.79 Å². The lowest BCUT2D eigenvalue weighted by Crippen LogP contribution is -2.23. The minimum Gasteiger partial charge on any atom is -0.507 e. The van der Waals surface area contributed by atoms with Crippen LogP contribution in [0.2, 0.25) is 0 Å². The molecule has 5 N–H and O–H groups in total. The van der Waals surface area contributed by atoms with Crippen molar-refractivity contribution in [3.63, 3.8) is 0 Å². The molecule has 0 saturated carbocycles. The van der Waals surface area contributed by atoms with Crippen LogP contribution in [0.1, 0.15) is 23.5 Å². The van der Waals surface area contributed by atoms with Crippen LogP contribution in [0, 0.1) is 0 Å². The second-order valence-electron chi connectivity index (χ2n) is 8.28. The standard InChI is InChI=1S/C26H18O11/c27-14-6-5-11(7-15(14)28)25-24(34)23(33)22-16(29)9-18-21(26(22)37-25)13(8-20(32)36-18)12-3-1-2-4-17(12)35-10-19(30)31/h1-7,9,13,27-29,34H,8,10H2,(H,30,31)/t13-/m0/s1. The summed E-state index contributed by atoms with van der Waals surface area (Å²) in [5, 5.41) is 49.4. The largest absolute Gasteiger partial charge is 0.507 e. The summed E-state index contributed by atoms with van der Waals surface area (Å²) in [5.74, 6) is -5.46. The molecule has 0 unspecified atom stereocenters. The number of ether oxygens (including phenoxy) is 2. The SMILES string of the molecule is O=C(O)COc1ccccc1[C@@H]1CC(=O)Oc2cc(O)c3c(=O)c(O)c(-c4ccc(O)c(O)c4)oc3c21. The Morgan fingerprint density at radius 3 is 2.46 bits per heavy atom. The van der Waals surface area contributed by atoms with Gasteiger partial charge in [-0.05, 0) is 24.3 Å². The molecule has 37 heavy (non-hydrogen) atoms. The van der Waals surface area contributed by atoms with Gasteiger partial charge in [-0.2, -0.15) is 0 Å². The Bertz CT molecular complexity index is 1650. The average Bonchev–Trinajstić information content (AvgIpc) is 2.85. The summed E-state index contributed by atoms with van der Waals surface area (Å²) in [5.41, 5.74) is -0.576. The van der Waals surface area contributed by atoms with Crippen molar-refractivity contribution in [3.8, 4) is 45.8 Å². The maximum absolute atomic E-state index is 13.2. The molecule has 0 saturated heterocycles. The van der Waals surface area contributed by atoms with Gasteiger partial charge in [-0.15, -0.1) is 0 Å². The molecular formula is C26H18O11. The van der Waals surface area contributed by atoms with Gasteiger partial charge >= 0.3 is 11.9 Å². The summed E-state index contributed by atoms with van der Waals surface area (Å²) >= 11 is 0. The number of hydrogen-bond donors (Lipinski definition) is 5. The number of hydrogen-bond acceptors (Lipinski definition) is 10. The molecule has 1 atom stereocenters. The number of phenolic OH excluding ortho intramolecular Hbond substituents is 3. The van der Waals surface area contributed by atoms with Gasteiger partial charge < -0.3 is 39.4 Å². The Hall–Kier alpha value is -5.19. The molecule has 2 heterocycles. The highest BCUT2D eigenvalue weighted by molar-refractivity contribution is 5.94. The molecule has 0 amide bonds. The number of phenols is 3. The Labute approximate surface area is 207 Å². The summed E-state index contributed by atoms with van der Waals surface area (Å²) in [6.45, 7) is -0.644. The highest BCUT2D eigenvalue weighted by Gasteiger charge is 2.36. The molecule has 0 spiro atoms. The van der Waals surface area contributed by atoms with E-state index in [0.29, 0.717) is 5.56 Å². The number of rotatable bonds is 5. The van der Waals surface area contributed by atoms with E-state index in [9.17, 15) is 34.8 Å². The van der Waals surface area contributed by atoms with Gasteiger partial charge in [0.15, 0.2) is 23.9 Å². The van der Waals surface area contributed by atoms with E-state index in [4.69, 9.17) is 19.0 Å². The second-order valence-corrected chi connectivity index (χ2v) is 8.28. The number of aromatic hydroxyl groups is 4. The monoisotopic (exact) mass is 506 g/mol. The smallest absolute Gasteiger partial charge is 0.341 e. The third-order valence-electron chi connectivity index (χ3n) is 5.95. The molecule has 0 bridgehead atoms. The molecule has 1 aliphatic heterocycles. The van der Waals surface area contributed by atoms with Gasteiger partial charge in [0, 0.05) is 28.7 Å². The van der Waals surface area contributed by atoms with Crippen LogP contribution in [0.3, 0.4) is 0 Å². The summed E-state index contributed by atoms with van der Waals surface area (Å²) in [4.78, 5) is 36.7. The van der Waals surface area contributed by atoms with Crippen molar-refractivity contribution in [2.75, 3.05) is 6.61 Å². The lowest BCUT2D eigenvalue weighted by atomic mass is 9.84. The third kappa shape index (κ3) is 4.01. The Kier molecular flexibility index (Phi) is 5.59. The highest BCUT2D eigenvalue weighted by atomic mass is 16.5. The van der Waals surface area contributed by atoms with Gasteiger partial charge in [0.2, 0.25) is 11.2 Å². The van der Waals surface area contributed by atoms with E-state index in [2.05, 4.69) is 0 Å². The Balaban J connectivity index is 1.81. The molecule has 0 radical (unpaired) electrons. The van der Waals surface area contributed by atoms with Gasteiger partial charge in [-0.1, -0.05) is 18.2 Å². The van der Waals surface area contributed by atoms with Crippen molar-refractivity contribution in [3.05, 3.63) is 69.9 Å². The fourth-order valence-corrected chi connectivity index (χ4v) is 4.35. The first-order valence-corrected chi connectivity index (χ1v) is 10.9. The quantitative estimate of drug-likeness (QED) is 0.152. The lowest BCUT2D eigenvalue weighted by molar-refractivity contribution is -0.139. The molecule has 1 aromatic heterocycles. The summed E-state index contributed by atoms with van der Waals surface area (Å²) in [6, 6.07) is 11.0. The zero-order chi connectivity index (χ0) is 26.4. The number of esters is 1. The average molecular weight is 506 g/mol. The van der Waals surface area contributed by atoms with E-state index in [-0.39, 0.29) is 45.8 Å². The molecule has 3 aromatic carbocycles. The van der Waals surface area contributed by atoms with E-state index in [1.165, 1.54) is 12.1 Å². The summed E-state index contributed by atoms with van der Waals surface area (Å²) in [6.07, 6.45) is -0.236. The van der Waals surface area contributed by atoms with E-state index in [0.717, 1.165) is 18.2 Å². The number of para-hydroxylation sites is 1. The zero-order valence-corrected chi connectivity index (χ0v) is 18.8. The predicted octanol–water partition coefficient (Wildman–Crippen LogP) is 3.19. The minimum absolute atomic E-state index is 0.0402. The van der Waals surface area contributed by atoms with Crippen molar-refractivity contribution in [1.29, 1.82) is 0 Å². The molecule has 0 aliphatic carbocycles. The minimum atomic E-state index is -1.21. The fourth-order valence-electron chi connectivity index (χ4n) is 4.35. The molecule has 5 rings (SSSR count). The predicted molar refractivity (Wildman–Crippen MR) is 126 cm³/mol. The number of fused-ring (bicyclic) bond motifs is 3. The summed E-state index contributed by atoms with van der Waals surface area (Å²) in [7, 11) is 0. The molecule has 11 nitrogen and oxygen atoms in total. The van der Waals surface area contributed by atoms with Gasteiger partial charge in [0.05, 0.1) is 6.42 Å². The maximum atomic E-state index is 13.2. The van der Waals surface area contributed by atoms with Crippen LogP contribution in [0.15, 0.2) is 57.7 Å². The maximum Gasteiger partial charge on any atom is 0.341 e. The molecule has 1 aliphatic rings. The number of carbonyl (C=O) groups is 2. The first-order chi connectivity index (χ1) is 17.7. The van der Waals surface area contributed by atoms with Crippen LogP contribution in [0.5, 0.6) is 34.5 Å². The van der Waals surface area contributed by atoms with Crippen molar-refractivity contribution >= 4 is 22.9 Å². The van der Waals surface area contributed by atoms with Gasteiger partial charge in [0.1, 0.15) is 28.2 Å². The van der Waals surface area contributed by atoms with Crippen LogP contribution < -0.4 is 14.9 Å². The van der Waals surface area contributed by atoms with Crippen LogP contribution in [0.25, 0.3) is 22.3 Å². The molecule has 11 heteroatoms. The number of aliphatic carboxylic acids is 1. The molecule has 4 aromatic rings. The van der Waals surface area contributed by atoms with Crippen molar-refractivity contribution in [2.24, 2.45) is 0 Å². The van der Waals surface area contributed by atoms with Crippen LogP contribution in [-0.2, 0) is 9.59 Å². The van der Waals surface area contributed by atoms with Crippen LogP contribution in [0.4, 0.5) is 0 Å². The van der Waals surface area contributed by atoms with Crippen molar-refractivity contribution in [1.82, 2.24) is 0 Å². The van der Waals surface area contributed by atoms with E-state index in [1.807, 2.05) is 0 Å².